The maximum absolute atomic E-state index is 4.27. The minimum absolute atomic E-state index is 0.299. The summed E-state index contributed by atoms with van der Waals surface area (Å²) in [5.41, 5.74) is 3.20. The molecule has 0 aliphatic heterocycles. The molecule has 1 nitrogen and oxygen atoms in total. The van der Waals surface area contributed by atoms with Crippen molar-refractivity contribution in [2.75, 3.05) is 6.54 Å². The molecule has 2 rings (SSSR count). The van der Waals surface area contributed by atoms with E-state index >= 15 is 0 Å². The number of likely N-dealkylation sites (N-methyl/N-ethyl adjacent to an activating group) is 1. The first-order valence-corrected chi connectivity index (χ1v) is 8.68. The Balaban J connectivity index is 2.34. The quantitative estimate of drug-likeness (QED) is 0.677. The first kappa shape index (κ1) is 16.3. The van der Waals surface area contributed by atoms with Crippen LogP contribution in [0.2, 0.25) is 0 Å². The highest BCUT2D eigenvalue weighted by Crippen LogP contribution is 2.43. The standard InChI is InChI=1S/C20H31N/c1-4-17(3)16-19(21-5-2)20(14-10-7-11-15-20)18-12-8-6-9-13-18/h6,8-9,12-13,19,21H,3-5,7,10-11,14-16H2,1-2H3. The SMILES string of the molecule is C=C(CC)CC(NCC)C1(c2ccccc2)CCCCC1. The second-order valence-corrected chi connectivity index (χ2v) is 6.50. The third kappa shape index (κ3) is 3.77. The lowest BCUT2D eigenvalue weighted by Crippen LogP contribution is -2.49. The smallest absolute Gasteiger partial charge is 0.0201 e. The normalized spacial score (nSPS) is 19.1. The van der Waals surface area contributed by atoms with Crippen LogP contribution in [0.5, 0.6) is 0 Å². The summed E-state index contributed by atoms with van der Waals surface area (Å²) in [7, 11) is 0. The van der Waals surface area contributed by atoms with Crippen molar-refractivity contribution in [1.82, 2.24) is 5.32 Å². The highest BCUT2D eigenvalue weighted by Gasteiger charge is 2.40. The Hall–Kier alpha value is -1.08. The lowest BCUT2D eigenvalue weighted by molar-refractivity contribution is 0.212. The van der Waals surface area contributed by atoms with E-state index in [-0.39, 0.29) is 0 Å². The van der Waals surface area contributed by atoms with Gasteiger partial charge in [-0.25, -0.2) is 0 Å². The minimum atomic E-state index is 0.299. The number of benzene rings is 1. The van der Waals surface area contributed by atoms with Gasteiger partial charge in [0.25, 0.3) is 0 Å². The molecule has 1 aliphatic rings. The first-order valence-electron chi connectivity index (χ1n) is 8.68. The molecule has 116 valence electrons. The molecule has 1 heteroatoms. The van der Waals surface area contributed by atoms with Crippen LogP contribution in [-0.4, -0.2) is 12.6 Å². The van der Waals surface area contributed by atoms with Crippen LogP contribution in [0.25, 0.3) is 0 Å². The lowest BCUT2D eigenvalue weighted by atomic mass is 9.63. The fourth-order valence-corrected chi connectivity index (χ4v) is 3.93. The third-order valence-corrected chi connectivity index (χ3v) is 5.20. The molecule has 1 aromatic carbocycles. The van der Waals surface area contributed by atoms with Crippen LogP contribution in [0.15, 0.2) is 42.5 Å². The Morgan fingerprint density at radius 3 is 2.38 bits per heavy atom. The Bertz CT molecular complexity index is 428. The molecule has 0 bridgehead atoms. The van der Waals surface area contributed by atoms with Crippen LogP contribution in [-0.2, 0) is 5.41 Å². The molecule has 21 heavy (non-hydrogen) atoms. The van der Waals surface area contributed by atoms with Crippen LogP contribution in [0.3, 0.4) is 0 Å². The fourth-order valence-electron chi connectivity index (χ4n) is 3.93. The molecule has 0 radical (unpaired) electrons. The zero-order valence-corrected chi connectivity index (χ0v) is 13.8. The van der Waals surface area contributed by atoms with Crippen molar-refractivity contribution in [3.63, 3.8) is 0 Å². The summed E-state index contributed by atoms with van der Waals surface area (Å²) in [4.78, 5) is 0. The Morgan fingerprint density at radius 2 is 1.81 bits per heavy atom. The maximum Gasteiger partial charge on any atom is 0.0201 e. The van der Waals surface area contributed by atoms with E-state index in [1.54, 1.807) is 0 Å². The molecule has 1 saturated carbocycles. The molecule has 1 atom stereocenters. The summed E-state index contributed by atoms with van der Waals surface area (Å²) in [6, 6.07) is 11.7. The molecule has 1 aromatic rings. The highest BCUT2D eigenvalue weighted by molar-refractivity contribution is 5.29. The maximum atomic E-state index is 4.27. The van der Waals surface area contributed by atoms with Gasteiger partial charge in [-0.2, -0.15) is 0 Å². The van der Waals surface area contributed by atoms with Gasteiger partial charge in [0.15, 0.2) is 0 Å². The molecule has 1 unspecified atom stereocenters. The predicted octanol–water partition coefficient (Wildman–Crippen LogP) is 5.22. The van der Waals surface area contributed by atoms with Gasteiger partial charge in [-0.3, -0.25) is 0 Å². The minimum Gasteiger partial charge on any atom is -0.313 e. The van der Waals surface area contributed by atoms with Gasteiger partial charge in [0.05, 0.1) is 0 Å². The van der Waals surface area contributed by atoms with E-state index in [2.05, 4.69) is 56.1 Å². The monoisotopic (exact) mass is 285 g/mol. The average molecular weight is 285 g/mol. The molecule has 0 amide bonds. The van der Waals surface area contributed by atoms with E-state index in [4.69, 9.17) is 0 Å². The van der Waals surface area contributed by atoms with Crippen molar-refractivity contribution in [1.29, 1.82) is 0 Å². The van der Waals surface area contributed by atoms with Gasteiger partial charge in [-0.05, 0) is 37.8 Å². The van der Waals surface area contributed by atoms with Gasteiger partial charge < -0.3 is 5.32 Å². The van der Waals surface area contributed by atoms with Crippen LogP contribution in [0, 0.1) is 0 Å². The van der Waals surface area contributed by atoms with Crippen LogP contribution >= 0.6 is 0 Å². The highest BCUT2D eigenvalue weighted by atomic mass is 14.9. The molecule has 1 N–H and O–H groups in total. The van der Waals surface area contributed by atoms with Gasteiger partial charge in [-0.15, -0.1) is 0 Å². The van der Waals surface area contributed by atoms with E-state index < -0.39 is 0 Å². The van der Waals surface area contributed by atoms with Crippen molar-refractivity contribution in [2.45, 2.75) is 70.3 Å². The summed E-state index contributed by atoms with van der Waals surface area (Å²) >= 11 is 0. The summed E-state index contributed by atoms with van der Waals surface area (Å²) < 4.78 is 0. The van der Waals surface area contributed by atoms with Crippen LogP contribution in [0.4, 0.5) is 0 Å². The second-order valence-electron chi connectivity index (χ2n) is 6.50. The van der Waals surface area contributed by atoms with Crippen molar-refractivity contribution in [2.24, 2.45) is 0 Å². The van der Waals surface area contributed by atoms with Gasteiger partial charge in [0, 0.05) is 11.5 Å². The predicted molar refractivity (Wildman–Crippen MR) is 92.7 cm³/mol. The molecule has 0 spiro atoms. The summed E-state index contributed by atoms with van der Waals surface area (Å²) in [6.07, 6.45) is 8.93. The zero-order chi connectivity index (χ0) is 15.1. The van der Waals surface area contributed by atoms with Crippen LogP contribution in [0.1, 0.15) is 64.4 Å². The molecule has 0 saturated heterocycles. The summed E-state index contributed by atoms with van der Waals surface area (Å²) in [5.74, 6) is 0. The number of hydrogen-bond donors (Lipinski definition) is 1. The van der Waals surface area contributed by atoms with E-state index in [1.807, 2.05) is 0 Å². The van der Waals surface area contributed by atoms with Crippen molar-refractivity contribution < 1.29 is 0 Å². The zero-order valence-electron chi connectivity index (χ0n) is 13.8. The van der Waals surface area contributed by atoms with Crippen LogP contribution < -0.4 is 5.32 Å². The summed E-state index contributed by atoms with van der Waals surface area (Å²) in [5, 5.41) is 3.80. The lowest BCUT2D eigenvalue weighted by Gasteiger charge is -2.45. The van der Waals surface area contributed by atoms with Crippen molar-refractivity contribution in [3.8, 4) is 0 Å². The van der Waals surface area contributed by atoms with Gasteiger partial charge in [-0.1, -0.05) is 75.6 Å². The van der Waals surface area contributed by atoms with E-state index in [0.717, 1.165) is 19.4 Å². The molecule has 0 heterocycles. The fraction of sp³-hybridized carbons (Fsp3) is 0.600. The summed E-state index contributed by atoms with van der Waals surface area (Å²) in [6.45, 7) is 9.76. The van der Waals surface area contributed by atoms with Gasteiger partial charge in [0.1, 0.15) is 0 Å². The number of nitrogens with one attached hydrogen (secondary N) is 1. The van der Waals surface area contributed by atoms with Crippen molar-refractivity contribution >= 4 is 0 Å². The van der Waals surface area contributed by atoms with E-state index in [1.165, 1.54) is 43.2 Å². The van der Waals surface area contributed by atoms with Crippen molar-refractivity contribution in [3.05, 3.63) is 48.0 Å². The largest absolute Gasteiger partial charge is 0.313 e. The van der Waals surface area contributed by atoms with E-state index in [9.17, 15) is 0 Å². The second kappa shape index (κ2) is 7.79. The number of rotatable bonds is 7. The molecule has 1 fully saturated rings. The number of hydrogen-bond acceptors (Lipinski definition) is 1. The molecule has 1 aliphatic carbocycles. The molecular formula is C20H31N. The third-order valence-electron chi connectivity index (χ3n) is 5.20. The Kier molecular flexibility index (Phi) is 6.05. The molecule has 0 aromatic heterocycles. The van der Waals surface area contributed by atoms with Gasteiger partial charge in [0.2, 0.25) is 0 Å². The Labute approximate surface area is 130 Å². The Morgan fingerprint density at radius 1 is 1.14 bits per heavy atom. The first-order chi connectivity index (χ1) is 10.2. The van der Waals surface area contributed by atoms with Gasteiger partial charge >= 0.3 is 0 Å². The average Bonchev–Trinajstić information content (AvgIpc) is 2.55. The molecular weight excluding hydrogens is 254 g/mol. The topological polar surface area (TPSA) is 12.0 Å². The van der Waals surface area contributed by atoms with E-state index in [0.29, 0.717) is 11.5 Å².